The van der Waals surface area contributed by atoms with E-state index in [1.165, 1.54) is 12.8 Å². The van der Waals surface area contributed by atoms with Crippen LogP contribution in [0.1, 0.15) is 90.5 Å². The van der Waals surface area contributed by atoms with Gasteiger partial charge in [0, 0.05) is 55.1 Å². The minimum absolute atomic E-state index is 0.261. The molecule has 1 N–H and O–H groups in total. The van der Waals surface area contributed by atoms with Crippen LogP contribution in [0.15, 0.2) is 30.5 Å². The number of nitrogens with zero attached hydrogens (tertiary/aromatic N) is 7. The zero-order valence-electron chi connectivity index (χ0n) is 29.0. The molecule has 0 unspecified atom stereocenters. The molecule has 0 bridgehead atoms. The third-order valence-electron chi connectivity index (χ3n) is 10.6. The van der Waals surface area contributed by atoms with Crippen LogP contribution in [0.3, 0.4) is 0 Å². The molecule has 1 atom stereocenters. The molecule has 4 aromatic heterocycles. The summed E-state index contributed by atoms with van der Waals surface area (Å²) in [6, 6.07) is 8.21. The summed E-state index contributed by atoms with van der Waals surface area (Å²) in [7, 11) is 0. The quantitative estimate of drug-likeness (QED) is 0.239. The van der Waals surface area contributed by atoms with Gasteiger partial charge in [-0.2, -0.15) is 4.98 Å². The molecule has 48 heavy (non-hydrogen) atoms. The number of carboxylic acid groups (broad SMARTS) is 1. The Kier molecular flexibility index (Phi) is 8.40. The van der Waals surface area contributed by atoms with E-state index < -0.39 is 17.3 Å². The van der Waals surface area contributed by atoms with Crippen LogP contribution in [-0.4, -0.2) is 83.8 Å². The molecule has 1 saturated heterocycles. The number of aromatic nitrogens is 5. The van der Waals surface area contributed by atoms with Crippen molar-refractivity contribution in [1.82, 2.24) is 34.4 Å². The number of fused-ring (bicyclic) bond motifs is 2. The predicted molar refractivity (Wildman–Crippen MR) is 182 cm³/mol. The number of carboxylic acids is 1. The summed E-state index contributed by atoms with van der Waals surface area (Å²) in [5.41, 5.74) is 5.91. The smallest absolute Gasteiger partial charge is 0.310 e. The lowest BCUT2D eigenvalue weighted by Gasteiger charge is -2.32. The highest BCUT2D eigenvalue weighted by atomic mass is 16.5. The number of rotatable bonds is 10. The number of hydrogen-bond donors (Lipinski definition) is 1. The summed E-state index contributed by atoms with van der Waals surface area (Å²) >= 11 is 0. The molecule has 6 heterocycles. The van der Waals surface area contributed by atoms with Crippen LogP contribution in [0.25, 0.3) is 5.65 Å². The number of ether oxygens (including phenoxy) is 2. The first-order valence-corrected chi connectivity index (χ1v) is 17.2. The minimum Gasteiger partial charge on any atom is -0.481 e. The summed E-state index contributed by atoms with van der Waals surface area (Å²) < 4.78 is 14.7. The first kappa shape index (κ1) is 32.5. The average Bonchev–Trinajstić information content (AvgIpc) is 3.42. The fourth-order valence-electron chi connectivity index (χ4n) is 7.40. The maximum Gasteiger partial charge on any atom is 0.310 e. The fourth-order valence-corrected chi connectivity index (χ4v) is 7.40. The molecule has 1 saturated carbocycles. The molecule has 7 rings (SSSR count). The largest absolute Gasteiger partial charge is 0.481 e. The molecular weight excluding hydrogens is 606 g/mol. The number of carbonyl (C=O) groups is 1. The topological polar surface area (TPSA) is 118 Å². The van der Waals surface area contributed by atoms with E-state index in [0.717, 1.165) is 89.7 Å². The second kappa shape index (κ2) is 12.4. The fraction of sp³-hybridized carbons (Fsp3) is 0.541. The van der Waals surface area contributed by atoms with Gasteiger partial charge in [-0.1, -0.05) is 6.07 Å². The maximum absolute atomic E-state index is 12.8. The number of aryl methyl sites for hydroxylation is 4. The third-order valence-corrected chi connectivity index (χ3v) is 10.6. The number of likely N-dealkylation sites (tertiary alicyclic amines) is 1. The van der Waals surface area contributed by atoms with Crippen molar-refractivity contribution < 1.29 is 19.4 Å². The van der Waals surface area contributed by atoms with Gasteiger partial charge in [0.2, 0.25) is 11.8 Å². The number of pyridine rings is 3. The molecule has 0 amide bonds. The van der Waals surface area contributed by atoms with Crippen LogP contribution in [0.2, 0.25) is 0 Å². The molecule has 11 heteroatoms. The van der Waals surface area contributed by atoms with Gasteiger partial charge in [-0.15, -0.1) is 10.2 Å². The highest BCUT2D eigenvalue weighted by molar-refractivity contribution is 5.76. The molecule has 2 aliphatic heterocycles. The van der Waals surface area contributed by atoms with Crippen molar-refractivity contribution in [2.24, 2.45) is 5.41 Å². The molecule has 0 radical (unpaired) electrons. The van der Waals surface area contributed by atoms with Gasteiger partial charge in [-0.25, -0.2) is 0 Å². The van der Waals surface area contributed by atoms with Crippen molar-refractivity contribution in [1.29, 1.82) is 0 Å². The van der Waals surface area contributed by atoms with Crippen molar-refractivity contribution in [2.75, 3.05) is 32.8 Å². The Balaban J connectivity index is 1.17. The van der Waals surface area contributed by atoms with E-state index >= 15 is 0 Å². The maximum atomic E-state index is 12.8. The molecule has 11 nitrogen and oxygen atoms in total. The molecule has 3 aliphatic rings. The molecule has 0 aromatic carbocycles. The van der Waals surface area contributed by atoms with E-state index in [9.17, 15) is 9.90 Å². The highest BCUT2D eigenvalue weighted by Crippen LogP contribution is 2.46. The van der Waals surface area contributed by atoms with Gasteiger partial charge < -0.3 is 14.6 Å². The van der Waals surface area contributed by atoms with Crippen molar-refractivity contribution >= 4 is 11.6 Å². The summed E-state index contributed by atoms with van der Waals surface area (Å²) in [5, 5.41) is 19.1. The average molecular weight is 654 g/mol. The Morgan fingerprint density at radius 3 is 2.54 bits per heavy atom. The molecule has 2 fully saturated rings. The number of hydrogen-bond acceptors (Lipinski definition) is 9. The first-order valence-electron chi connectivity index (χ1n) is 17.2. The Labute approximate surface area is 282 Å². The van der Waals surface area contributed by atoms with E-state index in [1.807, 2.05) is 36.6 Å². The Bertz CT molecular complexity index is 1860. The summed E-state index contributed by atoms with van der Waals surface area (Å²) in [6.07, 6.45) is 6.42. The van der Waals surface area contributed by atoms with Crippen molar-refractivity contribution in [3.8, 4) is 11.8 Å². The molecule has 4 aromatic rings. The normalized spacial score (nSPS) is 18.5. The van der Waals surface area contributed by atoms with E-state index in [4.69, 9.17) is 19.4 Å². The van der Waals surface area contributed by atoms with Gasteiger partial charge in [0.15, 0.2) is 5.65 Å². The molecule has 254 valence electrons. The second-order valence-electron chi connectivity index (χ2n) is 14.7. The Morgan fingerprint density at radius 1 is 1.04 bits per heavy atom. The number of aliphatic carboxylic acids is 1. The van der Waals surface area contributed by atoms with E-state index in [-0.39, 0.29) is 5.60 Å². The van der Waals surface area contributed by atoms with Crippen LogP contribution in [0.4, 0.5) is 0 Å². The molecule has 1 aliphatic carbocycles. The highest BCUT2D eigenvalue weighted by Gasteiger charge is 2.49. The Morgan fingerprint density at radius 2 is 1.81 bits per heavy atom. The monoisotopic (exact) mass is 653 g/mol. The van der Waals surface area contributed by atoms with Gasteiger partial charge in [0.1, 0.15) is 18.0 Å². The summed E-state index contributed by atoms with van der Waals surface area (Å²) in [6.45, 7) is 17.5. The lowest BCUT2D eigenvalue weighted by atomic mass is 9.72. The lowest BCUT2D eigenvalue weighted by Crippen LogP contribution is -2.35. The Hall–Kier alpha value is -4.09. The third kappa shape index (κ3) is 6.14. The van der Waals surface area contributed by atoms with Gasteiger partial charge >= 0.3 is 5.97 Å². The van der Waals surface area contributed by atoms with Crippen LogP contribution in [-0.2, 0) is 17.9 Å². The van der Waals surface area contributed by atoms with Gasteiger partial charge in [-0.3, -0.25) is 24.0 Å². The minimum atomic E-state index is -1.14. The van der Waals surface area contributed by atoms with Gasteiger partial charge in [0.25, 0.3) is 0 Å². The van der Waals surface area contributed by atoms with Crippen LogP contribution in [0.5, 0.6) is 11.8 Å². The molecular formula is C37H47N7O4. The predicted octanol–water partition coefficient (Wildman–Crippen LogP) is 5.40. The zero-order valence-corrected chi connectivity index (χ0v) is 29.0. The van der Waals surface area contributed by atoms with Crippen LogP contribution >= 0.6 is 0 Å². The van der Waals surface area contributed by atoms with E-state index in [1.54, 1.807) is 13.8 Å². The van der Waals surface area contributed by atoms with E-state index in [0.29, 0.717) is 31.5 Å². The van der Waals surface area contributed by atoms with Gasteiger partial charge in [0.05, 0.1) is 11.1 Å². The lowest BCUT2D eigenvalue weighted by molar-refractivity contribution is -0.147. The summed E-state index contributed by atoms with van der Waals surface area (Å²) in [4.78, 5) is 27.8. The SMILES string of the molecule is Cc1ccc([C@H](c2ccn3c(C)nnc3c2C)C(C)(C)C(=O)O)nc1CN1Cc2cc(C)c(OCCN3CCCC3)nc2OC2(CC2)C1. The molecule has 1 spiro atoms. The second-order valence-corrected chi connectivity index (χ2v) is 14.7. The van der Waals surface area contributed by atoms with Crippen LogP contribution in [0, 0.1) is 33.1 Å². The van der Waals surface area contributed by atoms with Crippen molar-refractivity contribution in [3.63, 3.8) is 0 Å². The van der Waals surface area contributed by atoms with Crippen LogP contribution < -0.4 is 9.47 Å². The van der Waals surface area contributed by atoms with Crippen molar-refractivity contribution in [2.45, 2.75) is 91.8 Å². The first-order chi connectivity index (χ1) is 22.9. The summed E-state index contributed by atoms with van der Waals surface area (Å²) in [5.74, 6) is 0.729. The van der Waals surface area contributed by atoms with Gasteiger partial charge in [-0.05, 0) is 115 Å². The van der Waals surface area contributed by atoms with E-state index in [2.05, 4.69) is 46.0 Å². The van der Waals surface area contributed by atoms with Crippen molar-refractivity contribution in [3.05, 3.63) is 75.5 Å². The standard InChI is InChI=1S/C37H47N7O4/c1-23-9-10-29(31(36(5,6)35(45)46)28-11-16-44-26(4)40-41-32(44)25(28)3)38-30(23)21-43-20-27-19-24(2)33(47-18-17-42-14-7-8-15-42)39-34(27)48-37(22-43)12-13-37/h9-11,16,19,31H,7-8,12-15,17-18,20-22H2,1-6H3,(H,45,46)/t31-/m0/s1. The zero-order chi connectivity index (χ0) is 33.8.